The molecule has 5 heteroatoms. The fourth-order valence-corrected chi connectivity index (χ4v) is 8.93. The molecule has 2 saturated heterocycles. The third kappa shape index (κ3) is 4.37. The van der Waals surface area contributed by atoms with Crippen LogP contribution in [-0.2, 0) is 5.41 Å². The standard InChI is InChI=1S/C47H36N4O/c1-47(2)38-21-13-12-20-36(38)41-37(44-49-43(29-14-6-3-7-15-29)50-46(51(44)50)31-18-10-5-11-19-31)27-34(28-39(41)47)32-22-24-35-33(26-32)23-25-40-42(35)52-45(48-40)30-16-8-4-9-17-30/h3-28,43-44,46,49H,1-2H3. The van der Waals surface area contributed by atoms with Gasteiger partial charge in [0.05, 0.1) is 0 Å². The van der Waals surface area contributed by atoms with Crippen LogP contribution in [0.5, 0.6) is 0 Å². The van der Waals surface area contributed by atoms with Crippen molar-refractivity contribution in [3.8, 4) is 33.7 Å². The smallest absolute Gasteiger partial charge is 0.227 e. The fraction of sp³-hybridized carbons (Fsp3) is 0.128. The number of hydrogen-bond donors (Lipinski definition) is 1. The molecule has 0 spiro atoms. The van der Waals surface area contributed by atoms with Crippen LogP contribution in [0.1, 0.15) is 60.2 Å². The second-order valence-corrected chi connectivity index (χ2v) is 14.8. The van der Waals surface area contributed by atoms with Crippen LogP contribution >= 0.6 is 0 Å². The Morgan fingerprint density at radius 1 is 0.596 bits per heavy atom. The summed E-state index contributed by atoms with van der Waals surface area (Å²) in [7, 11) is 0. The van der Waals surface area contributed by atoms with Gasteiger partial charge in [-0.05, 0) is 97.9 Å². The van der Waals surface area contributed by atoms with Crippen molar-refractivity contribution in [2.45, 2.75) is 37.8 Å². The van der Waals surface area contributed by atoms with E-state index in [1.165, 1.54) is 50.1 Å². The molecule has 5 nitrogen and oxygen atoms in total. The van der Waals surface area contributed by atoms with Gasteiger partial charge in [0, 0.05) is 16.4 Å². The fourth-order valence-electron chi connectivity index (χ4n) is 8.93. The second-order valence-electron chi connectivity index (χ2n) is 14.8. The Morgan fingerprint density at radius 3 is 2.08 bits per heavy atom. The van der Waals surface area contributed by atoms with Crippen LogP contribution in [-0.4, -0.2) is 15.0 Å². The number of hydrazine groups is 1. The van der Waals surface area contributed by atoms with E-state index in [9.17, 15) is 0 Å². The van der Waals surface area contributed by atoms with Gasteiger partial charge >= 0.3 is 0 Å². The minimum absolute atomic E-state index is 0.0169. The predicted molar refractivity (Wildman–Crippen MR) is 208 cm³/mol. The molecule has 0 amide bonds. The van der Waals surface area contributed by atoms with Crippen LogP contribution in [0.4, 0.5) is 0 Å². The number of oxazole rings is 1. The number of fused-ring (bicyclic) bond motifs is 7. The molecular weight excluding hydrogens is 637 g/mol. The molecule has 1 aliphatic carbocycles. The molecule has 5 unspecified atom stereocenters. The van der Waals surface area contributed by atoms with Crippen LogP contribution in [0.3, 0.4) is 0 Å². The van der Waals surface area contributed by atoms with Gasteiger partial charge in [0.1, 0.15) is 24.0 Å². The van der Waals surface area contributed by atoms with Crippen molar-refractivity contribution in [2.24, 2.45) is 0 Å². The molecule has 2 aliphatic heterocycles. The van der Waals surface area contributed by atoms with Crippen LogP contribution in [0.15, 0.2) is 162 Å². The lowest BCUT2D eigenvalue weighted by Crippen LogP contribution is -2.28. The number of rotatable bonds is 5. The molecule has 0 bridgehead atoms. The molecule has 2 fully saturated rings. The van der Waals surface area contributed by atoms with Gasteiger partial charge in [-0.1, -0.05) is 129 Å². The van der Waals surface area contributed by atoms with E-state index in [1.54, 1.807) is 0 Å². The molecule has 3 heterocycles. The Morgan fingerprint density at radius 2 is 1.29 bits per heavy atom. The third-order valence-electron chi connectivity index (χ3n) is 11.5. The molecule has 1 aromatic heterocycles. The van der Waals surface area contributed by atoms with E-state index in [0.29, 0.717) is 5.89 Å². The molecule has 11 rings (SSSR count). The molecule has 1 N–H and O–H groups in total. The van der Waals surface area contributed by atoms with Crippen molar-refractivity contribution in [2.75, 3.05) is 0 Å². The van der Waals surface area contributed by atoms with Crippen LogP contribution < -0.4 is 5.32 Å². The van der Waals surface area contributed by atoms with Crippen molar-refractivity contribution in [3.05, 3.63) is 186 Å². The molecule has 0 radical (unpaired) electrons. The van der Waals surface area contributed by atoms with Gasteiger partial charge < -0.3 is 4.42 Å². The summed E-state index contributed by atoms with van der Waals surface area (Å²) in [6, 6.07) is 56.8. The van der Waals surface area contributed by atoms with Crippen LogP contribution in [0.25, 0.3) is 55.6 Å². The van der Waals surface area contributed by atoms with E-state index in [0.717, 1.165) is 27.4 Å². The molecule has 7 aromatic carbocycles. The van der Waals surface area contributed by atoms with Crippen molar-refractivity contribution in [1.82, 2.24) is 20.3 Å². The SMILES string of the molecule is CC1(C)c2ccccc2-c2c(C3NC(c4ccccc4)N4C(c5ccccc5)N34)cc(-c3ccc4c(ccc5nc(-c6ccccc6)oc54)c3)cc21. The quantitative estimate of drug-likeness (QED) is 0.184. The van der Waals surface area contributed by atoms with Gasteiger partial charge in [-0.15, -0.1) is 0 Å². The van der Waals surface area contributed by atoms with E-state index >= 15 is 0 Å². The Balaban J connectivity index is 1.08. The lowest BCUT2D eigenvalue weighted by molar-refractivity contribution is 0.314. The zero-order valence-corrected chi connectivity index (χ0v) is 29.0. The Bertz CT molecular complexity index is 2670. The largest absolute Gasteiger partial charge is 0.435 e. The first-order valence-corrected chi connectivity index (χ1v) is 18.1. The summed E-state index contributed by atoms with van der Waals surface area (Å²) >= 11 is 0. The first-order valence-electron chi connectivity index (χ1n) is 18.1. The number of hydrogen-bond acceptors (Lipinski definition) is 5. The topological polar surface area (TPSA) is 44.1 Å². The summed E-state index contributed by atoms with van der Waals surface area (Å²) in [5.41, 5.74) is 14.3. The summed E-state index contributed by atoms with van der Waals surface area (Å²) in [6.45, 7) is 4.75. The Kier molecular flexibility index (Phi) is 6.35. The second kappa shape index (κ2) is 11.1. The minimum Gasteiger partial charge on any atom is -0.435 e. The van der Waals surface area contributed by atoms with Gasteiger partial charge in [-0.3, -0.25) is 5.32 Å². The lowest BCUT2D eigenvalue weighted by atomic mass is 9.80. The summed E-state index contributed by atoms with van der Waals surface area (Å²) in [4.78, 5) is 4.83. The van der Waals surface area contributed by atoms with Gasteiger partial charge in [0.25, 0.3) is 0 Å². The average Bonchev–Trinajstić information content (AvgIpc) is 3.45. The Hall–Kier alpha value is -5.85. The number of nitrogens with one attached hydrogen (secondary N) is 1. The highest BCUT2D eigenvalue weighted by molar-refractivity contribution is 6.05. The van der Waals surface area contributed by atoms with Crippen molar-refractivity contribution >= 4 is 21.9 Å². The molecule has 5 atom stereocenters. The monoisotopic (exact) mass is 672 g/mol. The Labute approximate surface area is 302 Å². The maximum atomic E-state index is 6.40. The number of aromatic nitrogens is 1. The highest BCUT2D eigenvalue weighted by Crippen LogP contribution is 2.60. The molecule has 8 aromatic rings. The van der Waals surface area contributed by atoms with E-state index in [2.05, 4.69) is 157 Å². The predicted octanol–water partition coefficient (Wildman–Crippen LogP) is 11.2. The van der Waals surface area contributed by atoms with Gasteiger partial charge in [-0.25, -0.2) is 4.98 Å². The number of benzene rings is 7. The van der Waals surface area contributed by atoms with Crippen molar-refractivity contribution in [1.29, 1.82) is 0 Å². The number of nitrogens with zero attached hydrogens (tertiary/aromatic N) is 3. The normalized spacial score (nSPS) is 22.3. The third-order valence-corrected chi connectivity index (χ3v) is 11.5. The summed E-state index contributed by atoms with van der Waals surface area (Å²) in [5, 5.41) is 11.4. The molecule has 250 valence electrons. The van der Waals surface area contributed by atoms with Gasteiger partial charge in [0.2, 0.25) is 5.89 Å². The maximum absolute atomic E-state index is 6.40. The van der Waals surface area contributed by atoms with Crippen molar-refractivity contribution in [3.63, 3.8) is 0 Å². The van der Waals surface area contributed by atoms with E-state index in [4.69, 9.17) is 9.40 Å². The maximum Gasteiger partial charge on any atom is 0.227 e. The average molecular weight is 673 g/mol. The highest BCUT2D eigenvalue weighted by Gasteiger charge is 2.61. The lowest BCUT2D eigenvalue weighted by Gasteiger charge is -2.26. The zero-order valence-electron chi connectivity index (χ0n) is 29.0. The zero-order chi connectivity index (χ0) is 34.6. The van der Waals surface area contributed by atoms with E-state index < -0.39 is 0 Å². The van der Waals surface area contributed by atoms with Crippen LogP contribution in [0, 0.1) is 0 Å². The van der Waals surface area contributed by atoms with Crippen LogP contribution in [0.2, 0.25) is 0 Å². The van der Waals surface area contributed by atoms with Gasteiger partial charge in [0.15, 0.2) is 5.58 Å². The minimum atomic E-state index is -0.151. The van der Waals surface area contributed by atoms with E-state index in [1.807, 2.05) is 30.3 Å². The molecule has 0 saturated carbocycles. The van der Waals surface area contributed by atoms with Gasteiger partial charge in [-0.2, -0.15) is 10.0 Å². The highest BCUT2D eigenvalue weighted by atomic mass is 16.3. The molecule has 3 aliphatic rings. The van der Waals surface area contributed by atoms with Crippen molar-refractivity contribution < 1.29 is 4.42 Å². The first kappa shape index (κ1) is 29.8. The molecular formula is C47H36N4O. The molecule has 52 heavy (non-hydrogen) atoms. The summed E-state index contributed by atoms with van der Waals surface area (Å²) < 4.78 is 6.40. The summed E-state index contributed by atoms with van der Waals surface area (Å²) in [5.74, 6) is 0.646. The first-order chi connectivity index (χ1) is 25.5. The summed E-state index contributed by atoms with van der Waals surface area (Å²) in [6.07, 6.45) is 0.232. The van der Waals surface area contributed by atoms with E-state index in [-0.39, 0.29) is 23.9 Å².